The van der Waals surface area contributed by atoms with Crippen molar-refractivity contribution < 1.29 is 0 Å². The molecule has 0 saturated heterocycles. The van der Waals surface area contributed by atoms with Crippen LogP contribution < -0.4 is 0 Å². The van der Waals surface area contributed by atoms with Crippen LogP contribution in [0.2, 0.25) is 0 Å². The molecule has 0 aliphatic carbocycles. The molecule has 40 valence electrons. The van der Waals surface area contributed by atoms with Gasteiger partial charge < -0.3 is 0 Å². The van der Waals surface area contributed by atoms with Crippen molar-refractivity contribution >= 4 is 22.6 Å². The molecule has 0 spiro atoms. The minimum absolute atomic E-state index is 0. The molecule has 0 bridgehead atoms. The average Bonchev–Trinajstić information content (AvgIpc) is 1.38. The zero-order valence-electron chi connectivity index (χ0n) is 3.66. The van der Waals surface area contributed by atoms with Crippen molar-refractivity contribution in [3.05, 3.63) is 0 Å². The molecule has 6 heavy (non-hydrogen) atoms. The van der Waals surface area contributed by atoms with E-state index in [1.807, 2.05) is 0 Å². The zero-order chi connectivity index (χ0) is 4.28. The quantitative estimate of drug-likeness (QED) is 0.352. The van der Waals surface area contributed by atoms with Gasteiger partial charge in [0.15, 0.2) is 0 Å². The van der Waals surface area contributed by atoms with Gasteiger partial charge in [-0.15, -0.1) is 11.6 Å². The van der Waals surface area contributed by atoms with Crippen LogP contribution in [0.5, 0.6) is 0 Å². The minimum Gasteiger partial charge on any atom is -0.126 e. The Balaban J connectivity index is 0. The normalized spacial score (nSPS) is 8.00. The second-order valence-electron chi connectivity index (χ2n) is 1.55. The van der Waals surface area contributed by atoms with E-state index >= 15 is 0 Å². The summed E-state index contributed by atoms with van der Waals surface area (Å²) in [7, 11) is 0. The maximum atomic E-state index is 5.34. The molecule has 0 radical (unpaired) electrons. The predicted molar refractivity (Wildman–Crippen MR) is 36.9 cm³/mol. The van der Waals surface area contributed by atoms with Gasteiger partial charge in [0.1, 0.15) is 0 Å². The lowest BCUT2D eigenvalue weighted by Crippen LogP contribution is -1.83. The first-order valence-corrected chi connectivity index (χ1v) is 2.36. The van der Waals surface area contributed by atoms with Crippen LogP contribution in [0.3, 0.4) is 0 Å². The van der Waals surface area contributed by atoms with Crippen molar-refractivity contribution in [2.45, 2.75) is 13.8 Å². The van der Waals surface area contributed by atoms with Gasteiger partial charge in [-0.05, 0) is 16.9 Å². The van der Waals surface area contributed by atoms with Crippen LogP contribution in [0.25, 0.3) is 0 Å². The van der Waals surface area contributed by atoms with E-state index in [4.69, 9.17) is 11.6 Å². The molecule has 0 aliphatic heterocycles. The highest BCUT2D eigenvalue weighted by Gasteiger charge is 1.82. The lowest BCUT2D eigenvalue weighted by atomic mass is 10.3. The highest BCUT2D eigenvalue weighted by atomic mass is 35.5. The summed E-state index contributed by atoms with van der Waals surface area (Å²) in [4.78, 5) is 0. The fraction of sp³-hybridized carbons (Fsp3) is 1.00. The molecule has 0 heterocycles. The van der Waals surface area contributed by atoms with Crippen molar-refractivity contribution in [2.24, 2.45) is 5.92 Å². The van der Waals surface area contributed by atoms with Crippen molar-refractivity contribution in [2.75, 3.05) is 5.88 Å². The Hall–Kier alpha value is 0.507. The minimum atomic E-state index is 0. The van der Waals surface area contributed by atoms with Crippen molar-refractivity contribution in [1.82, 2.24) is 0 Å². The van der Waals surface area contributed by atoms with Crippen molar-refractivity contribution in [3.8, 4) is 0 Å². The molecule has 0 aromatic rings. The van der Waals surface area contributed by atoms with E-state index in [1.165, 1.54) is 0 Å². The van der Waals surface area contributed by atoms with Gasteiger partial charge in [-0.25, -0.2) is 0 Å². The third-order valence-electron chi connectivity index (χ3n) is 0.309. The van der Waals surface area contributed by atoms with Crippen molar-refractivity contribution in [1.29, 1.82) is 0 Å². The molecule has 0 N–H and O–H groups in total. The molecule has 0 atom stereocenters. The summed E-state index contributed by atoms with van der Waals surface area (Å²) >= 11 is 5.34. The van der Waals surface area contributed by atoms with Gasteiger partial charge >= 0.3 is 0 Å². The van der Waals surface area contributed by atoms with Gasteiger partial charge in [0.05, 0.1) is 0 Å². The number of hydrogen-bond acceptors (Lipinski definition) is 0. The highest BCUT2D eigenvalue weighted by molar-refractivity contribution is 6.17. The summed E-state index contributed by atoms with van der Waals surface area (Å²) in [5, 5.41) is 0. The van der Waals surface area contributed by atoms with Crippen LogP contribution in [0.1, 0.15) is 13.8 Å². The molecule has 0 amide bonds. The maximum Gasteiger partial charge on any atom is 0.0246 e. The summed E-state index contributed by atoms with van der Waals surface area (Å²) in [6.07, 6.45) is 0. The van der Waals surface area contributed by atoms with E-state index in [1.54, 1.807) is 0 Å². The SMILES string of the molecule is CC(C)CCl.[SiH4]. The topological polar surface area (TPSA) is 0 Å². The third-order valence-corrected chi connectivity index (χ3v) is 0.926. The van der Waals surface area contributed by atoms with Gasteiger partial charge in [0.25, 0.3) is 0 Å². The lowest BCUT2D eigenvalue weighted by molar-refractivity contribution is 0.745. The first-order chi connectivity index (χ1) is 2.27. The summed E-state index contributed by atoms with van der Waals surface area (Å²) in [6.45, 7) is 4.18. The summed E-state index contributed by atoms with van der Waals surface area (Å²) in [5.41, 5.74) is 0. The first-order valence-electron chi connectivity index (χ1n) is 1.83. The van der Waals surface area contributed by atoms with E-state index in [2.05, 4.69) is 13.8 Å². The molecule has 0 unspecified atom stereocenters. The van der Waals surface area contributed by atoms with Gasteiger partial charge in [0.2, 0.25) is 0 Å². The molecule has 0 aliphatic rings. The van der Waals surface area contributed by atoms with Gasteiger partial charge in [-0.1, -0.05) is 13.8 Å². The van der Waals surface area contributed by atoms with Crippen LogP contribution in [0.4, 0.5) is 0 Å². The molecular formula is C4H13ClSi. The largest absolute Gasteiger partial charge is 0.126 e. The van der Waals surface area contributed by atoms with Crippen LogP contribution in [0, 0.1) is 5.92 Å². The van der Waals surface area contributed by atoms with E-state index in [-0.39, 0.29) is 11.0 Å². The number of halogens is 1. The van der Waals surface area contributed by atoms with Gasteiger partial charge in [0, 0.05) is 5.88 Å². The smallest absolute Gasteiger partial charge is 0.0246 e. The Labute approximate surface area is 48.9 Å². The molecule has 0 fully saturated rings. The molecule has 0 saturated carbocycles. The standard InChI is InChI=1S/C4H9Cl.H4Si/c1-4(2)3-5;/h4H,3H2,1-2H3;1H4. The second kappa shape index (κ2) is 5.51. The Morgan fingerprint density at radius 2 is 1.67 bits per heavy atom. The van der Waals surface area contributed by atoms with Gasteiger partial charge in [-0.2, -0.15) is 0 Å². The van der Waals surface area contributed by atoms with Crippen molar-refractivity contribution in [3.63, 3.8) is 0 Å². The van der Waals surface area contributed by atoms with E-state index in [0.717, 1.165) is 5.88 Å². The second-order valence-corrected chi connectivity index (χ2v) is 1.86. The van der Waals surface area contributed by atoms with Gasteiger partial charge in [-0.3, -0.25) is 0 Å². The monoisotopic (exact) mass is 124 g/mol. The third kappa shape index (κ3) is 8.82. The van der Waals surface area contributed by atoms with E-state index < -0.39 is 0 Å². The maximum absolute atomic E-state index is 5.34. The van der Waals surface area contributed by atoms with Crippen LogP contribution >= 0.6 is 11.6 Å². The summed E-state index contributed by atoms with van der Waals surface area (Å²) in [5.74, 6) is 1.43. The fourth-order valence-electron chi connectivity index (χ4n) is 0. The molecule has 0 aromatic heterocycles. The molecule has 0 rings (SSSR count). The molecule has 2 heteroatoms. The highest BCUT2D eigenvalue weighted by Crippen LogP contribution is 1.91. The number of alkyl halides is 1. The lowest BCUT2D eigenvalue weighted by Gasteiger charge is -1.88. The van der Waals surface area contributed by atoms with E-state index in [0.29, 0.717) is 5.92 Å². The van der Waals surface area contributed by atoms with E-state index in [9.17, 15) is 0 Å². The molecular weight excluding hydrogens is 112 g/mol. The Kier molecular flexibility index (Phi) is 8.92. The Morgan fingerprint density at radius 1 is 1.50 bits per heavy atom. The van der Waals surface area contributed by atoms with Crippen LogP contribution in [0.15, 0.2) is 0 Å². The summed E-state index contributed by atoms with van der Waals surface area (Å²) < 4.78 is 0. The summed E-state index contributed by atoms with van der Waals surface area (Å²) in [6, 6.07) is 0. The zero-order valence-corrected chi connectivity index (χ0v) is 4.42. The number of hydrogen-bond donors (Lipinski definition) is 0. The number of rotatable bonds is 1. The molecule has 0 nitrogen and oxygen atoms in total. The van der Waals surface area contributed by atoms with Crippen LogP contribution in [-0.2, 0) is 0 Å². The Morgan fingerprint density at radius 3 is 1.67 bits per heavy atom. The average molecular weight is 125 g/mol. The Bertz CT molecular complexity index is 21.5. The van der Waals surface area contributed by atoms with Crippen LogP contribution in [-0.4, -0.2) is 16.8 Å². The predicted octanol–water partition coefficient (Wildman–Crippen LogP) is 0.430. The molecule has 0 aromatic carbocycles. The first kappa shape index (κ1) is 9.71. The fourth-order valence-corrected chi connectivity index (χ4v) is 0.